The van der Waals surface area contributed by atoms with Crippen LogP contribution >= 0.6 is 43.2 Å². The van der Waals surface area contributed by atoms with Gasteiger partial charge in [0.2, 0.25) is 0 Å². The molecular formula is C13H10Br2N4OS. The van der Waals surface area contributed by atoms with Gasteiger partial charge in [0.15, 0.2) is 5.69 Å². The Balaban J connectivity index is 1.92. The molecule has 0 fully saturated rings. The van der Waals surface area contributed by atoms with E-state index in [-0.39, 0.29) is 11.6 Å². The summed E-state index contributed by atoms with van der Waals surface area (Å²) in [6, 6.07) is 2.23. The number of H-pyrrole nitrogens is 1. The van der Waals surface area contributed by atoms with Gasteiger partial charge in [0, 0.05) is 4.88 Å². The van der Waals surface area contributed by atoms with Crippen LogP contribution in [0.15, 0.2) is 9.08 Å². The first-order chi connectivity index (χ1) is 10.1. The third kappa shape index (κ3) is 2.65. The summed E-state index contributed by atoms with van der Waals surface area (Å²) >= 11 is 8.05. The number of aromatic nitrogens is 2. The lowest BCUT2D eigenvalue weighted by atomic mass is 9.96. The molecule has 1 aliphatic rings. The number of nitrogens with zero attached hydrogens (tertiary/aromatic N) is 2. The third-order valence-electron chi connectivity index (χ3n) is 3.39. The van der Waals surface area contributed by atoms with Gasteiger partial charge in [-0.1, -0.05) is 0 Å². The lowest BCUT2D eigenvalue weighted by Gasteiger charge is -2.09. The van der Waals surface area contributed by atoms with Crippen LogP contribution in [-0.2, 0) is 12.8 Å². The van der Waals surface area contributed by atoms with Crippen LogP contribution in [0.3, 0.4) is 0 Å². The van der Waals surface area contributed by atoms with E-state index in [2.05, 4.69) is 53.4 Å². The summed E-state index contributed by atoms with van der Waals surface area (Å²) in [7, 11) is 0. The summed E-state index contributed by atoms with van der Waals surface area (Å²) in [6.45, 7) is 0. The molecule has 5 nitrogen and oxygen atoms in total. The van der Waals surface area contributed by atoms with Crippen LogP contribution in [0.4, 0.5) is 5.00 Å². The highest BCUT2D eigenvalue weighted by atomic mass is 79.9. The van der Waals surface area contributed by atoms with Gasteiger partial charge in [-0.3, -0.25) is 9.89 Å². The summed E-state index contributed by atoms with van der Waals surface area (Å²) < 4.78 is 1.18. The highest BCUT2D eigenvalue weighted by Crippen LogP contribution is 2.38. The van der Waals surface area contributed by atoms with Crippen molar-refractivity contribution in [3.63, 3.8) is 0 Å². The van der Waals surface area contributed by atoms with E-state index in [9.17, 15) is 10.1 Å². The van der Waals surface area contributed by atoms with E-state index in [1.54, 1.807) is 0 Å². The smallest absolute Gasteiger partial charge is 0.278 e. The number of carbonyl (C=O) groups is 1. The van der Waals surface area contributed by atoms with Crippen LogP contribution in [0.5, 0.6) is 0 Å². The molecule has 108 valence electrons. The van der Waals surface area contributed by atoms with Crippen molar-refractivity contribution in [1.82, 2.24) is 10.2 Å². The average molecular weight is 430 g/mol. The van der Waals surface area contributed by atoms with Gasteiger partial charge in [-0.25, -0.2) is 0 Å². The molecule has 0 unspecified atom stereocenters. The summed E-state index contributed by atoms with van der Waals surface area (Å²) in [5.74, 6) is -0.334. The fraction of sp³-hybridized carbons (Fsp3) is 0.308. The minimum atomic E-state index is -0.334. The molecule has 3 rings (SSSR count). The number of aryl methyl sites for hydroxylation is 1. The number of aromatic amines is 1. The molecular weight excluding hydrogens is 420 g/mol. The Morgan fingerprint density at radius 3 is 2.81 bits per heavy atom. The van der Waals surface area contributed by atoms with Gasteiger partial charge in [-0.15, -0.1) is 11.3 Å². The van der Waals surface area contributed by atoms with E-state index in [1.807, 2.05) is 0 Å². The summed E-state index contributed by atoms with van der Waals surface area (Å²) in [4.78, 5) is 13.5. The number of nitrogens with one attached hydrogen (secondary N) is 2. The zero-order chi connectivity index (χ0) is 15.0. The standard InChI is InChI=1S/C13H10Br2N4OS/c14-9-10(18-19-11(9)15)12(20)17-13-7(5-16)6-3-1-2-4-8(6)21-13/h1-4H2,(H,17,20)(H,18,19). The van der Waals surface area contributed by atoms with Crippen molar-refractivity contribution < 1.29 is 4.79 Å². The van der Waals surface area contributed by atoms with Crippen LogP contribution in [0.2, 0.25) is 0 Å². The Kier molecular flexibility index (Phi) is 4.15. The van der Waals surface area contributed by atoms with Crippen molar-refractivity contribution in [2.75, 3.05) is 5.32 Å². The first kappa shape index (κ1) is 14.8. The number of fused-ring (bicyclic) bond motifs is 1. The first-order valence-corrected chi connectivity index (χ1v) is 8.77. The summed E-state index contributed by atoms with van der Waals surface area (Å²) in [6.07, 6.45) is 4.15. The predicted octanol–water partition coefficient (Wildman–Crippen LogP) is 4.00. The molecule has 0 atom stereocenters. The molecule has 1 amide bonds. The topological polar surface area (TPSA) is 81.6 Å². The van der Waals surface area contributed by atoms with Gasteiger partial charge < -0.3 is 5.32 Å². The van der Waals surface area contributed by atoms with E-state index in [1.165, 1.54) is 16.2 Å². The lowest BCUT2D eigenvalue weighted by Crippen LogP contribution is -2.13. The molecule has 2 N–H and O–H groups in total. The maximum absolute atomic E-state index is 12.3. The molecule has 0 spiro atoms. The molecule has 0 aliphatic heterocycles. The van der Waals surface area contributed by atoms with E-state index in [0.717, 1.165) is 31.2 Å². The van der Waals surface area contributed by atoms with Crippen molar-refractivity contribution >= 4 is 54.1 Å². The summed E-state index contributed by atoms with van der Waals surface area (Å²) in [5.41, 5.74) is 1.97. The van der Waals surface area contributed by atoms with Crippen molar-refractivity contribution in [2.24, 2.45) is 0 Å². The quantitative estimate of drug-likeness (QED) is 0.756. The van der Waals surface area contributed by atoms with E-state index >= 15 is 0 Å². The number of anilines is 1. The Bertz CT molecular complexity index is 759. The zero-order valence-electron chi connectivity index (χ0n) is 10.8. The Labute approximate surface area is 142 Å². The number of nitriles is 1. The fourth-order valence-electron chi connectivity index (χ4n) is 2.39. The van der Waals surface area contributed by atoms with Crippen molar-refractivity contribution in [3.05, 3.63) is 30.8 Å². The molecule has 8 heteroatoms. The SMILES string of the molecule is N#Cc1c(NC(=O)c2n[nH]c(Br)c2Br)sc2c1CCCC2. The maximum Gasteiger partial charge on any atom is 0.278 e. The second kappa shape index (κ2) is 5.91. The van der Waals surface area contributed by atoms with Crippen LogP contribution in [0, 0.1) is 11.3 Å². The number of thiophene rings is 1. The number of hydrogen-bond acceptors (Lipinski definition) is 4. The number of rotatable bonds is 2. The largest absolute Gasteiger partial charge is 0.311 e. The number of carbonyl (C=O) groups excluding carboxylic acids is 1. The minimum absolute atomic E-state index is 0.261. The molecule has 2 heterocycles. The highest BCUT2D eigenvalue weighted by molar-refractivity contribution is 9.13. The second-order valence-electron chi connectivity index (χ2n) is 4.68. The van der Waals surface area contributed by atoms with Gasteiger partial charge in [0.25, 0.3) is 5.91 Å². The lowest BCUT2D eigenvalue weighted by molar-refractivity contribution is 0.102. The van der Waals surface area contributed by atoms with Crippen LogP contribution in [-0.4, -0.2) is 16.1 Å². The Morgan fingerprint density at radius 1 is 1.38 bits per heavy atom. The minimum Gasteiger partial charge on any atom is -0.311 e. The molecule has 1 aliphatic carbocycles. The van der Waals surface area contributed by atoms with Gasteiger partial charge in [-0.2, -0.15) is 10.4 Å². The molecule has 0 saturated heterocycles. The van der Waals surface area contributed by atoms with Crippen LogP contribution < -0.4 is 5.32 Å². The van der Waals surface area contributed by atoms with Gasteiger partial charge in [0.1, 0.15) is 15.7 Å². The number of amides is 1. The van der Waals surface area contributed by atoms with Crippen LogP contribution in [0.25, 0.3) is 0 Å². The zero-order valence-corrected chi connectivity index (χ0v) is 14.8. The fourth-order valence-corrected chi connectivity index (χ4v) is 4.26. The maximum atomic E-state index is 12.3. The van der Waals surface area contributed by atoms with E-state index in [4.69, 9.17) is 0 Å². The highest BCUT2D eigenvalue weighted by Gasteiger charge is 2.24. The van der Waals surface area contributed by atoms with E-state index < -0.39 is 0 Å². The van der Waals surface area contributed by atoms with E-state index in [0.29, 0.717) is 19.6 Å². The third-order valence-corrected chi connectivity index (χ3v) is 6.48. The molecule has 2 aromatic rings. The van der Waals surface area contributed by atoms with Gasteiger partial charge >= 0.3 is 0 Å². The second-order valence-corrected chi connectivity index (χ2v) is 7.37. The molecule has 0 radical (unpaired) electrons. The van der Waals surface area contributed by atoms with Gasteiger partial charge in [-0.05, 0) is 63.1 Å². The number of hydrogen-bond donors (Lipinski definition) is 2. The van der Waals surface area contributed by atoms with Crippen molar-refractivity contribution in [2.45, 2.75) is 25.7 Å². The average Bonchev–Trinajstić information content (AvgIpc) is 2.99. The molecule has 0 saturated carbocycles. The predicted molar refractivity (Wildman–Crippen MR) is 87.6 cm³/mol. The molecule has 0 aromatic carbocycles. The van der Waals surface area contributed by atoms with Crippen molar-refractivity contribution in [1.29, 1.82) is 5.26 Å². The molecule has 2 aromatic heterocycles. The normalized spacial score (nSPS) is 13.6. The monoisotopic (exact) mass is 428 g/mol. The van der Waals surface area contributed by atoms with Crippen molar-refractivity contribution in [3.8, 4) is 6.07 Å². The van der Waals surface area contributed by atoms with Gasteiger partial charge in [0.05, 0.1) is 10.0 Å². The molecule has 0 bridgehead atoms. The Morgan fingerprint density at radius 2 is 2.14 bits per heavy atom. The Hall–Kier alpha value is -1.17. The first-order valence-electron chi connectivity index (χ1n) is 6.37. The van der Waals surface area contributed by atoms with Crippen LogP contribution in [0.1, 0.15) is 39.3 Å². The summed E-state index contributed by atoms with van der Waals surface area (Å²) in [5, 5.41) is 19.4. The molecule has 21 heavy (non-hydrogen) atoms. The number of halogens is 2.